The minimum absolute atomic E-state index is 0.157. The van der Waals surface area contributed by atoms with Crippen LogP contribution in [-0.4, -0.2) is 27.3 Å². The highest BCUT2D eigenvalue weighted by Crippen LogP contribution is 2.34. The molecule has 0 N–H and O–H groups in total. The lowest BCUT2D eigenvalue weighted by atomic mass is 10.3. The van der Waals surface area contributed by atoms with Gasteiger partial charge in [-0.1, -0.05) is 18.2 Å². The molecule has 0 spiro atoms. The van der Waals surface area contributed by atoms with Crippen molar-refractivity contribution >= 4 is 28.8 Å². The lowest BCUT2D eigenvalue weighted by Crippen LogP contribution is -2.40. The molecule has 10 nitrogen and oxygen atoms in total. The van der Waals surface area contributed by atoms with Gasteiger partial charge in [-0.25, -0.2) is 4.98 Å². The fraction of sp³-hybridized carbons (Fsp3) is 0.143. The molecule has 3 rings (SSSR count). The van der Waals surface area contributed by atoms with E-state index in [2.05, 4.69) is 4.98 Å². The molecule has 1 aliphatic heterocycles. The lowest BCUT2D eigenvalue weighted by molar-refractivity contribution is -0.394. The van der Waals surface area contributed by atoms with Gasteiger partial charge in [0.2, 0.25) is 11.7 Å². The van der Waals surface area contributed by atoms with Crippen LogP contribution < -0.4 is 10.0 Å². The van der Waals surface area contributed by atoms with E-state index >= 15 is 0 Å². The molecule has 24 heavy (non-hydrogen) atoms. The van der Waals surface area contributed by atoms with Crippen LogP contribution in [-0.2, 0) is 4.79 Å². The van der Waals surface area contributed by atoms with Gasteiger partial charge < -0.3 is 0 Å². The van der Waals surface area contributed by atoms with Crippen LogP contribution in [0.1, 0.15) is 6.42 Å². The van der Waals surface area contributed by atoms with Crippen LogP contribution in [0, 0.1) is 20.2 Å². The zero-order valence-corrected chi connectivity index (χ0v) is 12.2. The number of hydrazine groups is 1. The number of carbonyl (C=O) groups excluding carboxylic acids is 1. The van der Waals surface area contributed by atoms with Crippen molar-refractivity contribution in [3.63, 3.8) is 0 Å². The summed E-state index contributed by atoms with van der Waals surface area (Å²) in [7, 11) is 0. The van der Waals surface area contributed by atoms with E-state index in [0.29, 0.717) is 12.2 Å². The summed E-state index contributed by atoms with van der Waals surface area (Å²) in [5.74, 6) is -0.611. The van der Waals surface area contributed by atoms with Gasteiger partial charge in [0, 0.05) is 13.0 Å². The largest absolute Gasteiger partial charge is 0.320 e. The Hall–Kier alpha value is -3.56. The average molecular weight is 329 g/mol. The summed E-state index contributed by atoms with van der Waals surface area (Å²) in [4.78, 5) is 36.6. The first-order valence-corrected chi connectivity index (χ1v) is 6.93. The second-order valence-corrected chi connectivity index (χ2v) is 4.96. The summed E-state index contributed by atoms with van der Waals surface area (Å²) < 4.78 is 0. The van der Waals surface area contributed by atoms with Crippen LogP contribution in [0.25, 0.3) is 0 Å². The number of pyridine rings is 1. The Morgan fingerprint density at radius 2 is 1.79 bits per heavy atom. The van der Waals surface area contributed by atoms with Crippen molar-refractivity contribution in [2.75, 3.05) is 16.6 Å². The summed E-state index contributed by atoms with van der Waals surface area (Å²) in [6.45, 7) is 0.332. The molecule has 2 heterocycles. The van der Waals surface area contributed by atoms with Gasteiger partial charge in [-0.3, -0.25) is 30.0 Å². The second kappa shape index (κ2) is 5.91. The number of anilines is 2. The minimum Gasteiger partial charge on any atom is -0.276 e. The molecule has 0 unspecified atom stereocenters. The Morgan fingerprint density at radius 3 is 2.42 bits per heavy atom. The number of nitrogens with zero attached hydrogens (tertiary/aromatic N) is 5. The van der Waals surface area contributed by atoms with Crippen molar-refractivity contribution in [2.45, 2.75) is 6.42 Å². The van der Waals surface area contributed by atoms with Gasteiger partial charge in [0.1, 0.15) is 6.20 Å². The third-order valence-corrected chi connectivity index (χ3v) is 3.51. The second-order valence-electron chi connectivity index (χ2n) is 4.96. The fourth-order valence-corrected chi connectivity index (χ4v) is 2.45. The first-order chi connectivity index (χ1) is 11.5. The number of amides is 1. The maximum Gasteiger partial charge on any atom is 0.320 e. The first-order valence-electron chi connectivity index (χ1n) is 6.93. The zero-order valence-electron chi connectivity index (χ0n) is 12.2. The van der Waals surface area contributed by atoms with E-state index in [-0.39, 0.29) is 18.1 Å². The average Bonchev–Trinajstić information content (AvgIpc) is 2.96. The van der Waals surface area contributed by atoms with E-state index in [1.807, 2.05) is 0 Å². The van der Waals surface area contributed by atoms with Crippen molar-refractivity contribution in [1.82, 2.24) is 4.98 Å². The van der Waals surface area contributed by atoms with Crippen LogP contribution in [0.2, 0.25) is 0 Å². The molecule has 1 fully saturated rings. The van der Waals surface area contributed by atoms with Crippen LogP contribution in [0.4, 0.5) is 22.9 Å². The van der Waals surface area contributed by atoms with Gasteiger partial charge in [-0.15, -0.1) is 0 Å². The highest BCUT2D eigenvalue weighted by molar-refractivity contribution is 6.00. The number of para-hydroxylation sites is 1. The first kappa shape index (κ1) is 15.3. The maximum atomic E-state index is 12.2. The standard InChI is InChI=1S/C14H11N5O5/c20-13-6-7-16(10-4-2-1-3-5-10)17(13)14-12(19(23)24)8-11(9-15-14)18(21)22/h1-5,8-9H,6-7H2. The third kappa shape index (κ3) is 2.60. The number of nitro groups is 2. The Labute approximate surface area is 135 Å². The Morgan fingerprint density at radius 1 is 1.08 bits per heavy atom. The summed E-state index contributed by atoms with van der Waals surface area (Å²) >= 11 is 0. The predicted molar refractivity (Wildman–Crippen MR) is 83.4 cm³/mol. The molecule has 0 radical (unpaired) electrons. The van der Waals surface area contributed by atoms with Crippen molar-refractivity contribution < 1.29 is 14.6 Å². The molecule has 0 atom stereocenters. The van der Waals surface area contributed by atoms with E-state index in [1.54, 1.807) is 35.3 Å². The molecule has 1 aromatic carbocycles. The number of hydrogen-bond donors (Lipinski definition) is 0. The summed E-state index contributed by atoms with van der Waals surface area (Å²) in [6, 6.07) is 9.66. The van der Waals surface area contributed by atoms with Crippen LogP contribution in [0.3, 0.4) is 0 Å². The molecule has 2 aromatic rings. The Bertz CT molecular complexity index is 826. The monoisotopic (exact) mass is 329 g/mol. The van der Waals surface area contributed by atoms with Gasteiger partial charge in [0.25, 0.3) is 5.69 Å². The molecule has 0 aliphatic carbocycles. The normalized spacial score (nSPS) is 14.1. The van der Waals surface area contributed by atoms with Crippen LogP contribution in [0.15, 0.2) is 42.6 Å². The number of hydrogen-bond acceptors (Lipinski definition) is 7. The molecule has 0 saturated carbocycles. The molecule has 122 valence electrons. The van der Waals surface area contributed by atoms with Crippen LogP contribution in [0.5, 0.6) is 0 Å². The molecular formula is C14H11N5O5. The minimum atomic E-state index is -0.788. The van der Waals surface area contributed by atoms with Gasteiger partial charge >= 0.3 is 5.69 Å². The lowest BCUT2D eigenvalue weighted by Gasteiger charge is -2.28. The summed E-state index contributed by atoms with van der Waals surface area (Å²) in [6.07, 6.45) is 1.06. The molecule has 1 aromatic heterocycles. The van der Waals surface area contributed by atoms with E-state index in [4.69, 9.17) is 0 Å². The molecule has 10 heteroatoms. The summed E-state index contributed by atoms with van der Waals surface area (Å²) in [5.41, 5.74) is -0.443. The zero-order chi connectivity index (χ0) is 17.3. The number of carbonyl (C=O) groups is 1. The summed E-state index contributed by atoms with van der Waals surface area (Å²) in [5, 5.41) is 24.8. The third-order valence-electron chi connectivity index (χ3n) is 3.51. The number of benzene rings is 1. The smallest absolute Gasteiger partial charge is 0.276 e. The highest BCUT2D eigenvalue weighted by atomic mass is 16.6. The molecular weight excluding hydrogens is 318 g/mol. The van der Waals surface area contributed by atoms with Gasteiger partial charge in [0.15, 0.2) is 0 Å². The van der Waals surface area contributed by atoms with Crippen molar-refractivity contribution in [3.05, 3.63) is 62.8 Å². The number of rotatable bonds is 4. The molecule has 0 bridgehead atoms. The SMILES string of the molecule is O=C1CCN(c2ccccc2)N1c1ncc([N+](=O)[O-])cc1[N+](=O)[O-]. The fourth-order valence-electron chi connectivity index (χ4n) is 2.45. The highest BCUT2D eigenvalue weighted by Gasteiger charge is 2.37. The van der Waals surface area contributed by atoms with Gasteiger partial charge in [0.05, 0.1) is 21.6 Å². The van der Waals surface area contributed by atoms with E-state index < -0.39 is 21.2 Å². The maximum absolute atomic E-state index is 12.2. The van der Waals surface area contributed by atoms with Crippen molar-refractivity contribution in [3.8, 4) is 0 Å². The Balaban J connectivity index is 2.10. The van der Waals surface area contributed by atoms with Crippen molar-refractivity contribution in [1.29, 1.82) is 0 Å². The van der Waals surface area contributed by atoms with E-state index in [9.17, 15) is 25.0 Å². The topological polar surface area (TPSA) is 123 Å². The predicted octanol–water partition coefficient (Wildman–Crippen LogP) is 2.06. The number of aromatic nitrogens is 1. The van der Waals surface area contributed by atoms with Crippen molar-refractivity contribution in [2.24, 2.45) is 0 Å². The molecule has 1 aliphatic rings. The Kier molecular flexibility index (Phi) is 3.78. The van der Waals surface area contributed by atoms with Crippen LogP contribution >= 0.6 is 0 Å². The van der Waals surface area contributed by atoms with Gasteiger partial charge in [-0.05, 0) is 12.1 Å². The van der Waals surface area contributed by atoms with E-state index in [1.165, 1.54) is 0 Å². The molecule has 1 amide bonds. The van der Waals surface area contributed by atoms with E-state index in [0.717, 1.165) is 17.3 Å². The quantitative estimate of drug-likeness (QED) is 0.621. The van der Waals surface area contributed by atoms with Gasteiger partial charge in [-0.2, -0.15) is 5.01 Å². The molecule has 1 saturated heterocycles.